The number of anilines is 1. The molecular formula is C18H19N3OS. The average Bonchev–Trinajstić information content (AvgIpc) is 2.91. The van der Waals surface area contributed by atoms with E-state index >= 15 is 0 Å². The first-order valence-corrected chi connectivity index (χ1v) is 8.66. The number of hydrogen-bond acceptors (Lipinski definition) is 4. The summed E-state index contributed by atoms with van der Waals surface area (Å²) in [6.07, 6.45) is 4.83. The lowest BCUT2D eigenvalue weighted by atomic mass is 10.0. The van der Waals surface area contributed by atoms with E-state index in [0.29, 0.717) is 0 Å². The zero-order valence-corrected chi connectivity index (χ0v) is 13.8. The van der Waals surface area contributed by atoms with Gasteiger partial charge in [0.05, 0.1) is 5.56 Å². The molecule has 2 aliphatic heterocycles. The van der Waals surface area contributed by atoms with Crippen LogP contribution in [0.25, 0.3) is 6.08 Å². The smallest absolute Gasteiger partial charge is 0.256 e. The highest BCUT2D eigenvalue weighted by Crippen LogP contribution is 2.38. The van der Waals surface area contributed by atoms with E-state index < -0.39 is 0 Å². The second-order valence-corrected chi connectivity index (χ2v) is 7.17. The highest BCUT2D eigenvalue weighted by molar-refractivity contribution is 7.16. The molecule has 2 aliphatic rings. The van der Waals surface area contributed by atoms with Crippen LogP contribution in [0.5, 0.6) is 0 Å². The molecule has 4 nitrogen and oxygen atoms in total. The van der Waals surface area contributed by atoms with Crippen LogP contribution >= 0.6 is 11.3 Å². The maximum absolute atomic E-state index is 12.5. The van der Waals surface area contributed by atoms with Gasteiger partial charge in [-0.2, -0.15) is 0 Å². The SMILES string of the molecule is CN1CCc2c(sc3c2C(=O)NC(/C=C/c2ccccc2)N3)C1. The first-order chi connectivity index (χ1) is 11.2. The number of carbonyl (C=O) groups is 1. The molecule has 0 radical (unpaired) electrons. The summed E-state index contributed by atoms with van der Waals surface area (Å²) in [5.74, 6) is 0.0449. The molecule has 1 aromatic heterocycles. The standard InChI is InChI=1S/C18H19N3OS/c1-21-10-9-13-14(11-21)23-18-16(13)17(22)19-15(20-18)8-7-12-5-3-2-4-6-12/h2-8,15,20H,9-11H2,1H3,(H,19,22)/b8-7+. The van der Waals surface area contributed by atoms with Crippen molar-refractivity contribution in [3.05, 3.63) is 58.0 Å². The van der Waals surface area contributed by atoms with Gasteiger partial charge >= 0.3 is 0 Å². The largest absolute Gasteiger partial charge is 0.353 e. The normalized spacial score (nSPS) is 20.7. The minimum Gasteiger partial charge on any atom is -0.353 e. The van der Waals surface area contributed by atoms with Crippen molar-refractivity contribution in [3.8, 4) is 0 Å². The van der Waals surface area contributed by atoms with E-state index in [1.807, 2.05) is 42.5 Å². The average molecular weight is 325 g/mol. The first-order valence-electron chi connectivity index (χ1n) is 7.84. The van der Waals surface area contributed by atoms with E-state index in [4.69, 9.17) is 0 Å². The lowest BCUT2D eigenvalue weighted by Gasteiger charge is -2.25. The van der Waals surface area contributed by atoms with E-state index in [-0.39, 0.29) is 12.1 Å². The number of thiophene rings is 1. The van der Waals surface area contributed by atoms with Gasteiger partial charge in [-0.15, -0.1) is 11.3 Å². The molecule has 4 rings (SSSR count). The first kappa shape index (κ1) is 14.5. The van der Waals surface area contributed by atoms with Gasteiger partial charge in [-0.1, -0.05) is 36.4 Å². The summed E-state index contributed by atoms with van der Waals surface area (Å²) in [4.78, 5) is 16.1. The highest BCUT2D eigenvalue weighted by Gasteiger charge is 2.31. The van der Waals surface area contributed by atoms with E-state index in [0.717, 1.165) is 35.6 Å². The molecule has 1 amide bonds. The fourth-order valence-electron chi connectivity index (χ4n) is 3.13. The molecule has 5 heteroatoms. The number of nitrogens with zero attached hydrogens (tertiary/aromatic N) is 1. The summed E-state index contributed by atoms with van der Waals surface area (Å²) in [6.45, 7) is 1.95. The summed E-state index contributed by atoms with van der Waals surface area (Å²) >= 11 is 1.72. The predicted molar refractivity (Wildman–Crippen MR) is 94.7 cm³/mol. The van der Waals surface area contributed by atoms with Gasteiger partial charge in [-0.25, -0.2) is 0 Å². The monoisotopic (exact) mass is 325 g/mol. The Hall–Kier alpha value is -2.11. The van der Waals surface area contributed by atoms with Gasteiger partial charge in [0.25, 0.3) is 5.91 Å². The molecule has 0 saturated carbocycles. The van der Waals surface area contributed by atoms with Crippen molar-refractivity contribution in [3.63, 3.8) is 0 Å². The molecule has 1 unspecified atom stereocenters. The number of nitrogens with one attached hydrogen (secondary N) is 2. The number of hydrogen-bond donors (Lipinski definition) is 2. The highest BCUT2D eigenvalue weighted by atomic mass is 32.1. The molecule has 2 N–H and O–H groups in total. The van der Waals surface area contributed by atoms with Crippen LogP contribution in [-0.4, -0.2) is 30.6 Å². The summed E-state index contributed by atoms with van der Waals surface area (Å²) in [7, 11) is 2.13. The molecule has 0 aliphatic carbocycles. The van der Waals surface area contributed by atoms with Gasteiger partial charge in [0, 0.05) is 18.0 Å². The fourth-order valence-corrected chi connectivity index (χ4v) is 4.49. The molecule has 118 valence electrons. The van der Waals surface area contributed by atoms with E-state index in [1.54, 1.807) is 11.3 Å². The van der Waals surface area contributed by atoms with Crippen LogP contribution in [0, 0.1) is 0 Å². The van der Waals surface area contributed by atoms with E-state index in [9.17, 15) is 4.79 Å². The molecule has 0 spiro atoms. The zero-order chi connectivity index (χ0) is 15.8. The summed E-state index contributed by atoms with van der Waals surface area (Å²) in [5, 5.41) is 7.51. The molecule has 0 saturated heterocycles. The quantitative estimate of drug-likeness (QED) is 0.892. The summed E-state index contributed by atoms with van der Waals surface area (Å²) in [5.41, 5.74) is 3.22. The number of rotatable bonds is 2. The van der Waals surface area contributed by atoms with Gasteiger partial charge in [-0.05, 0) is 30.7 Å². The third-order valence-corrected chi connectivity index (χ3v) is 5.48. The molecule has 1 aromatic carbocycles. The molecule has 2 aromatic rings. The van der Waals surface area contributed by atoms with Crippen LogP contribution in [0.15, 0.2) is 36.4 Å². The Morgan fingerprint density at radius 1 is 1.26 bits per heavy atom. The van der Waals surface area contributed by atoms with Crippen molar-refractivity contribution < 1.29 is 4.79 Å². The maximum Gasteiger partial charge on any atom is 0.256 e. The Kier molecular flexibility index (Phi) is 3.67. The predicted octanol–water partition coefficient (Wildman–Crippen LogP) is 2.93. The zero-order valence-electron chi connectivity index (χ0n) is 13.0. The molecule has 1 atom stereocenters. The van der Waals surface area contributed by atoms with Gasteiger partial charge in [0.2, 0.25) is 0 Å². The number of likely N-dealkylation sites (N-methyl/N-ethyl adjacent to an activating group) is 1. The maximum atomic E-state index is 12.5. The third kappa shape index (κ3) is 2.78. The van der Waals surface area contributed by atoms with Gasteiger partial charge in [-0.3, -0.25) is 4.79 Å². The van der Waals surface area contributed by atoms with Crippen LogP contribution in [0.2, 0.25) is 0 Å². The molecule has 0 fully saturated rings. The Morgan fingerprint density at radius 3 is 2.91 bits per heavy atom. The van der Waals surface area contributed by atoms with Gasteiger partial charge in [0.15, 0.2) is 0 Å². The van der Waals surface area contributed by atoms with Crippen molar-refractivity contribution in [2.75, 3.05) is 18.9 Å². The second-order valence-electron chi connectivity index (χ2n) is 6.06. The molecule has 3 heterocycles. The lowest BCUT2D eigenvalue weighted by molar-refractivity contribution is 0.0942. The van der Waals surface area contributed by atoms with Crippen molar-refractivity contribution in [1.29, 1.82) is 0 Å². The Labute approximate surface area is 139 Å². The lowest BCUT2D eigenvalue weighted by Crippen LogP contribution is -2.43. The van der Waals surface area contributed by atoms with Crippen LogP contribution in [0.3, 0.4) is 0 Å². The van der Waals surface area contributed by atoms with Gasteiger partial charge < -0.3 is 15.5 Å². The van der Waals surface area contributed by atoms with Crippen molar-refractivity contribution in [2.45, 2.75) is 19.1 Å². The number of carbonyl (C=O) groups excluding carboxylic acids is 1. The van der Waals surface area contributed by atoms with Crippen LogP contribution in [0.1, 0.15) is 26.4 Å². The Bertz CT molecular complexity index is 766. The minimum absolute atomic E-state index is 0.0449. The van der Waals surface area contributed by atoms with Crippen molar-refractivity contribution in [2.24, 2.45) is 0 Å². The van der Waals surface area contributed by atoms with Crippen molar-refractivity contribution >= 4 is 28.3 Å². The topological polar surface area (TPSA) is 44.4 Å². The second kappa shape index (κ2) is 5.83. The summed E-state index contributed by atoms with van der Waals surface area (Å²) in [6, 6.07) is 10.1. The van der Waals surface area contributed by atoms with Crippen LogP contribution in [-0.2, 0) is 13.0 Å². The van der Waals surface area contributed by atoms with Gasteiger partial charge in [0.1, 0.15) is 11.2 Å². The molecular weight excluding hydrogens is 306 g/mol. The van der Waals surface area contributed by atoms with Crippen LogP contribution < -0.4 is 10.6 Å². The Balaban J connectivity index is 1.58. The number of amides is 1. The number of benzene rings is 1. The minimum atomic E-state index is -0.159. The van der Waals surface area contributed by atoms with E-state index in [2.05, 4.69) is 22.6 Å². The van der Waals surface area contributed by atoms with Crippen molar-refractivity contribution in [1.82, 2.24) is 10.2 Å². The molecule has 0 bridgehead atoms. The van der Waals surface area contributed by atoms with E-state index in [1.165, 1.54) is 10.4 Å². The fraction of sp³-hybridized carbons (Fsp3) is 0.278. The summed E-state index contributed by atoms with van der Waals surface area (Å²) < 4.78 is 0. The Morgan fingerprint density at radius 2 is 2.09 bits per heavy atom. The third-order valence-electron chi connectivity index (χ3n) is 4.33. The van der Waals surface area contributed by atoms with Crippen LogP contribution in [0.4, 0.5) is 5.00 Å². The molecule has 23 heavy (non-hydrogen) atoms. The number of fused-ring (bicyclic) bond motifs is 3.